The maximum Gasteiger partial charge on any atom is 0.416 e. The van der Waals surface area contributed by atoms with E-state index >= 15 is 0 Å². The molecular weight excluding hydrogens is 461 g/mol. The second-order valence-corrected chi connectivity index (χ2v) is 12.3. The van der Waals surface area contributed by atoms with Crippen LogP contribution in [0.25, 0.3) is 0 Å². The molecule has 1 fully saturated rings. The second kappa shape index (κ2) is 11.3. The van der Waals surface area contributed by atoms with Gasteiger partial charge in [0.1, 0.15) is 23.2 Å². The summed E-state index contributed by atoms with van der Waals surface area (Å²) < 4.78 is 26.0. The van der Waals surface area contributed by atoms with E-state index in [9.17, 15) is 14.0 Å². The Labute approximate surface area is 215 Å². The third-order valence-electron chi connectivity index (χ3n) is 6.65. The first kappa shape index (κ1) is 28.2. The zero-order chi connectivity index (χ0) is 26.7. The summed E-state index contributed by atoms with van der Waals surface area (Å²) in [4.78, 5) is 33.3. The van der Waals surface area contributed by atoms with Gasteiger partial charge in [-0.3, -0.25) is 4.90 Å². The minimum Gasteiger partial charge on any atom is -0.444 e. The van der Waals surface area contributed by atoms with Crippen LogP contribution in [0.4, 0.5) is 19.8 Å². The van der Waals surface area contributed by atoms with Gasteiger partial charge >= 0.3 is 12.2 Å². The second-order valence-electron chi connectivity index (χ2n) is 12.3. The van der Waals surface area contributed by atoms with Gasteiger partial charge in [-0.15, -0.1) is 0 Å². The molecule has 0 radical (unpaired) electrons. The Hall–Kier alpha value is -2.38. The van der Waals surface area contributed by atoms with E-state index in [4.69, 9.17) is 14.5 Å². The van der Waals surface area contributed by atoms with Crippen LogP contribution in [-0.2, 0) is 22.3 Å². The van der Waals surface area contributed by atoms with E-state index < -0.39 is 17.4 Å². The summed E-state index contributed by atoms with van der Waals surface area (Å²) in [5.41, 5.74) is 0.848. The number of unbranched alkanes of at least 4 members (excludes halogenated alkanes) is 1. The summed E-state index contributed by atoms with van der Waals surface area (Å²) in [6.45, 7) is 14.1. The molecule has 0 bridgehead atoms. The first-order valence-electron chi connectivity index (χ1n) is 13.4. The molecule has 3 atom stereocenters. The lowest BCUT2D eigenvalue weighted by Gasteiger charge is -2.35. The first-order chi connectivity index (χ1) is 16.7. The van der Waals surface area contributed by atoms with E-state index in [0.29, 0.717) is 31.7 Å². The van der Waals surface area contributed by atoms with Gasteiger partial charge in [-0.1, -0.05) is 12.5 Å². The van der Waals surface area contributed by atoms with Crippen molar-refractivity contribution in [2.45, 2.75) is 117 Å². The van der Waals surface area contributed by atoms with Gasteiger partial charge in [-0.2, -0.15) is 0 Å². The fraction of sp³-hybridized carbons (Fsp3) is 0.750. The number of rotatable bonds is 6. The highest BCUT2D eigenvalue weighted by Gasteiger charge is 2.35. The zero-order valence-corrected chi connectivity index (χ0v) is 23.1. The van der Waals surface area contributed by atoms with Crippen LogP contribution in [0.2, 0.25) is 0 Å². The molecular formula is C28H44FN3O4. The van der Waals surface area contributed by atoms with Crippen LogP contribution < -0.4 is 4.90 Å². The van der Waals surface area contributed by atoms with E-state index in [1.54, 1.807) is 9.80 Å². The maximum atomic E-state index is 14.9. The number of likely N-dealkylation sites (tertiary alicyclic amines) is 1. The Kier molecular flexibility index (Phi) is 8.88. The SMILES string of the molecule is CC1CCc2ccc(CCCCC(F)[C@@H]3CCN(C(=O)OC(C)(C)C)C3)nc2N1C(=O)OC(C)(C)C. The van der Waals surface area contributed by atoms with E-state index in [2.05, 4.69) is 6.07 Å². The number of carbonyl (C=O) groups excluding carboxylic acids is 2. The lowest BCUT2D eigenvalue weighted by atomic mass is 9.97. The van der Waals surface area contributed by atoms with Gasteiger partial charge in [0.05, 0.1) is 0 Å². The van der Waals surface area contributed by atoms with Crippen LogP contribution in [0.5, 0.6) is 0 Å². The van der Waals surface area contributed by atoms with Gasteiger partial charge < -0.3 is 14.4 Å². The number of carbonyl (C=O) groups is 2. The number of pyridine rings is 1. The molecule has 2 aliphatic heterocycles. The van der Waals surface area contributed by atoms with E-state index in [1.165, 1.54) is 0 Å². The van der Waals surface area contributed by atoms with Gasteiger partial charge in [0.2, 0.25) is 0 Å². The molecule has 1 aromatic rings. The van der Waals surface area contributed by atoms with Gasteiger partial charge in [-0.05, 0) is 98.6 Å². The molecule has 0 spiro atoms. The summed E-state index contributed by atoms with van der Waals surface area (Å²) in [6.07, 6.45) is 3.54. The molecule has 7 nitrogen and oxygen atoms in total. The number of fused-ring (bicyclic) bond motifs is 1. The molecule has 36 heavy (non-hydrogen) atoms. The van der Waals surface area contributed by atoms with Gasteiger partial charge in [0, 0.05) is 30.7 Å². The number of hydrogen-bond donors (Lipinski definition) is 0. The fourth-order valence-electron chi connectivity index (χ4n) is 4.80. The standard InChI is InChI=1S/C28H44FN3O4/c1-19-12-13-20-14-15-22(30-24(20)32(19)26(34)36-28(5,6)7)10-8-9-11-23(29)21-16-17-31(18-21)25(33)35-27(2,3)4/h14-15,19,21,23H,8-13,16-18H2,1-7H3/t19?,21-,23?/m1/s1. The van der Waals surface area contributed by atoms with Crippen molar-refractivity contribution in [3.8, 4) is 0 Å². The number of ether oxygens (including phenoxy) is 2. The molecule has 0 N–H and O–H groups in total. The summed E-state index contributed by atoms with van der Waals surface area (Å²) in [5.74, 6) is 0.556. The lowest BCUT2D eigenvalue weighted by molar-refractivity contribution is 0.0280. The molecule has 2 amide bonds. The van der Waals surface area contributed by atoms with Crippen molar-refractivity contribution < 1.29 is 23.5 Å². The van der Waals surface area contributed by atoms with Gasteiger partial charge in [0.25, 0.3) is 0 Å². The third-order valence-corrected chi connectivity index (χ3v) is 6.65. The predicted octanol–water partition coefficient (Wildman–Crippen LogP) is 6.47. The molecule has 3 rings (SSSR count). The Morgan fingerprint density at radius 2 is 1.72 bits per heavy atom. The minimum atomic E-state index is -0.933. The number of alkyl halides is 1. The largest absolute Gasteiger partial charge is 0.444 e. The third kappa shape index (κ3) is 7.81. The van der Waals surface area contributed by atoms with Gasteiger partial charge in [0.15, 0.2) is 0 Å². The zero-order valence-electron chi connectivity index (χ0n) is 23.1. The van der Waals surface area contributed by atoms with Crippen molar-refractivity contribution in [3.63, 3.8) is 0 Å². The van der Waals surface area contributed by atoms with Crippen molar-refractivity contribution in [2.75, 3.05) is 18.0 Å². The number of anilines is 1. The molecule has 8 heteroatoms. The van der Waals surface area contributed by atoms with Crippen LogP contribution in [0.15, 0.2) is 12.1 Å². The average molecular weight is 506 g/mol. The number of nitrogens with zero attached hydrogens (tertiary/aromatic N) is 3. The molecule has 1 aromatic heterocycles. The molecule has 1 saturated heterocycles. The Morgan fingerprint density at radius 1 is 1.06 bits per heavy atom. The predicted molar refractivity (Wildman–Crippen MR) is 139 cm³/mol. The minimum absolute atomic E-state index is 0.0223. The van der Waals surface area contributed by atoms with E-state index in [1.807, 2.05) is 54.5 Å². The fourth-order valence-corrected chi connectivity index (χ4v) is 4.80. The van der Waals surface area contributed by atoms with Crippen LogP contribution in [0.3, 0.4) is 0 Å². The summed E-state index contributed by atoms with van der Waals surface area (Å²) in [6, 6.07) is 4.10. The smallest absolute Gasteiger partial charge is 0.416 e. The summed E-state index contributed by atoms with van der Waals surface area (Å²) in [7, 11) is 0. The van der Waals surface area contributed by atoms with Crippen LogP contribution in [0.1, 0.15) is 91.8 Å². The Balaban J connectivity index is 1.50. The average Bonchev–Trinajstić information content (AvgIpc) is 3.24. The number of aromatic nitrogens is 1. The van der Waals surface area contributed by atoms with Crippen molar-refractivity contribution in [1.29, 1.82) is 0 Å². The van der Waals surface area contributed by atoms with Crippen LogP contribution >= 0.6 is 0 Å². The van der Waals surface area contributed by atoms with Crippen molar-refractivity contribution in [3.05, 3.63) is 23.4 Å². The number of halogens is 1. The first-order valence-corrected chi connectivity index (χ1v) is 13.4. The summed E-state index contributed by atoms with van der Waals surface area (Å²) in [5, 5.41) is 0. The highest BCUT2D eigenvalue weighted by molar-refractivity contribution is 5.88. The molecule has 2 unspecified atom stereocenters. The van der Waals surface area contributed by atoms with E-state index in [-0.39, 0.29) is 24.1 Å². The lowest BCUT2D eigenvalue weighted by Crippen LogP contribution is -2.45. The summed E-state index contributed by atoms with van der Waals surface area (Å²) >= 11 is 0. The van der Waals surface area contributed by atoms with E-state index in [0.717, 1.165) is 43.4 Å². The highest BCUT2D eigenvalue weighted by Crippen LogP contribution is 2.31. The Bertz CT molecular complexity index is 924. The molecule has 0 aromatic carbocycles. The van der Waals surface area contributed by atoms with Crippen molar-refractivity contribution in [2.24, 2.45) is 5.92 Å². The quantitative estimate of drug-likeness (QED) is 0.415. The molecule has 2 aliphatic rings. The number of amides is 2. The monoisotopic (exact) mass is 505 g/mol. The maximum absolute atomic E-state index is 14.9. The molecule has 202 valence electrons. The normalized spacial score (nSPS) is 21.2. The highest BCUT2D eigenvalue weighted by atomic mass is 19.1. The van der Waals surface area contributed by atoms with Crippen LogP contribution in [0, 0.1) is 5.92 Å². The van der Waals surface area contributed by atoms with Crippen molar-refractivity contribution >= 4 is 18.0 Å². The number of aryl methyl sites for hydroxylation is 2. The Morgan fingerprint density at radius 3 is 2.39 bits per heavy atom. The van der Waals surface area contributed by atoms with Crippen molar-refractivity contribution in [1.82, 2.24) is 9.88 Å². The number of hydrogen-bond acceptors (Lipinski definition) is 5. The molecule has 0 saturated carbocycles. The molecule has 0 aliphatic carbocycles. The molecule has 3 heterocycles. The van der Waals surface area contributed by atoms with Crippen LogP contribution in [-0.4, -0.2) is 58.6 Å². The van der Waals surface area contributed by atoms with Gasteiger partial charge in [-0.25, -0.2) is 19.0 Å². The topological polar surface area (TPSA) is 72.0 Å².